The van der Waals surface area contributed by atoms with Gasteiger partial charge in [-0.2, -0.15) is 0 Å². The summed E-state index contributed by atoms with van der Waals surface area (Å²) in [5, 5.41) is 5.91. The Hall–Kier alpha value is -1.62. The number of carbonyl (C=O) groups excluding carboxylic acids is 1. The highest BCUT2D eigenvalue weighted by Gasteiger charge is 2.23. The number of amides is 1. The van der Waals surface area contributed by atoms with Crippen LogP contribution in [0.4, 0.5) is 4.39 Å². The molecule has 1 heterocycles. The van der Waals surface area contributed by atoms with E-state index in [1.807, 2.05) is 12.1 Å². The molecule has 0 spiro atoms. The Morgan fingerprint density at radius 1 is 1.22 bits per heavy atom. The maximum Gasteiger partial charge on any atom is 0.251 e. The lowest BCUT2D eigenvalue weighted by molar-refractivity contribution is 0.0950. The van der Waals surface area contributed by atoms with Gasteiger partial charge in [0.1, 0.15) is 11.9 Å². The second-order valence-electron chi connectivity index (χ2n) is 6.55. The first-order chi connectivity index (χ1) is 11.2. The molecule has 2 fully saturated rings. The van der Waals surface area contributed by atoms with Gasteiger partial charge in [0, 0.05) is 24.7 Å². The third kappa shape index (κ3) is 4.67. The summed E-state index contributed by atoms with van der Waals surface area (Å²) in [6.45, 7) is 0.841. The third-order valence-corrected chi connectivity index (χ3v) is 4.65. The van der Waals surface area contributed by atoms with Crippen molar-refractivity contribution in [3.63, 3.8) is 0 Å². The van der Waals surface area contributed by atoms with E-state index in [2.05, 4.69) is 10.6 Å². The summed E-state index contributed by atoms with van der Waals surface area (Å²) in [6.07, 6.45) is 5.99. The van der Waals surface area contributed by atoms with Crippen LogP contribution >= 0.6 is 0 Å². The van der Waals surface area contributed by atoms with E-state index < -0.39 is 6.17 Å². The van der Waals surface area contributed by atoms with E-state index in [-0.39, 0.29) is 11.9 Å². The molecule has 1 aromatic rings. The Morgan fingerprint density at radius 2 is 1.96 bits per heavy atom. The molecule has 3 rings (SSSR count). The molecule has 1 aliphatic heterocycles. The van der Waals surface area contributed by atoms with E-state index in [4.69, 9.17) is 4.74 Å². The van der Waals surface area contributed by atoms with E-state index in [0.717, 1.165) is 18.6 Å². The molecule has 1 saturated carbocycles. The first kappa shape index (κ1) is 16.2. The molecule has 0 unspecified atom stereocenters. The molecule has 2 aliphatic rings. The van der Waals surface area contributed by atoms with Crippen molar-refractivity contribution in [1.82, 2.24) is 10.6 Å². The quantitative estimate of drug-likeness (QED) is 0.877. The van der Waals surface area contributed by atoms with Gasteiger partial charge in [-0.3, -0.25) is 4.79 Å². The Balaban J connectivity index is 1.47. The molecule has 0 bridgehead atoms. The molecule has 1 aromatic carbocycles. The maximum atomic E-state index is 13.1. The molecular weight excluding hydrogens is 295 g/mol. The largest absolute Gasteiger partial charge is 0.490 e. The number of halogens is 1. The summed E-state index contributed by atoms with van der Waals surface area (Å²) < 4.78 is 19.0. The number of ether oxygens (including phenoxy) is 1. The lowest BCUT2D eigenvalue weighted by Gasteiger charge is -2.23. The molecule has 5 heteroatoms. The van der Waals surface area contributed by atoms with Crippen LogP contribution in [0.5, 0.6) is 5.75 Å². The Kier molecular flexibility index (Phi) is 5.49. The summed E-state index contributed by atoms with van der Waals surface area (Å²) in [6, 6.07) is 7.31. The normalized spacial score (nSPS) is 25.3. The van der Waals surface area contributed by atoms with Gasteiger partial charge in [-0.15, -0.1) is 0 Å². The molecule has 1 saturated heterocycles. The SMILES string of the molecule is O=C(NC[C@@H]1C[C@H](F)CN1)c1ccc(OC2CCCCC2)cc1. The Bertz CT molecular complexity index is 514. The topological polar surface area (TPSA) is 50.4 Å². The number of nitrogens with one attached hydrogen (secondary N) is 2. The van der Waals surface area contributed by atoms with Crippen LogP contribution in [0.25, 0.3) is 0 Å². The van der Waals surface area contributed by atoms with Crippen molar-refractivity contribution in [3.8, 4) is 5.75 Å². The summed E-state index contributed by atoms with van der Waals surface area (Å²) >= 11 is 0. The van der Waals surface area contributed by atoms with Crippen molar-refractivity contribution in [1.29, 1.82) is 0 Å². The number of benzene rings is 1. The average Bonchev–Trinajstić information content (AvgIpc) is 3.00. The molecule has 0 radical (unpaired) electrons. The number of hydrogen-bond donors (Lipinski definition) is 2. The standard InChI is InChI=1S/C18H25FN2O2/c19-14-10-15(20-11-14)12-21-18(22)13-6-8-17(9-7-13)23-16-4-2-1-3-5-16/h6-9,14-16,20H,1-5,10-12H2,(H,21,22)/t14-,15-/m0/s1. The highest BCUT2D eigenvalue weighted by atomic mass is 19.1. The first-order valence-corrected chi connectivity index (χ1v) is 8.63. The minimum absolute atomic E-state index is 0.0304. The van der Waals surface area contributed by atoms with Gasteiger partial charge in [0.15, 0.2) is 0 Å². The van der Waals surface area contributed by atoms with Crippen LogP contribution in [0.15, 0.2) is 24.3 Å². The smallest absolute Gasteiger partial charge is 0.251 e. The van der Waals surface area contributed by atoms with E-state index in [0.29, 0.717) is 31.2 Å². The molecule has 2 atom stereocenters. The first-order valence-electron chi connectivity index (χ1n) is 8.63. The molecular formula is C18H25FN2O2. The second kappa shape index (κ2) is 7.77. The van der Waals surface area contributed by atoms with Crippen molar-refractivity contribution in [3.05, 3.63) is 29.8 Å². The monoisotopic (exact) mass is 320 g/mol. The van der Waals surface area contributed by atoms with Crippen LogP contribution in [-0.4, -0.2) is 37.3 Å². The lowest BCUT2D eigenvalue weighted by atomic mass is 9.98. The van der Waals surface area contributed by atoms with E-state index in [1.165, 1.54) is 19.3 Å². The number of alkyl halides is 1. The third-order valence-electron chi connectivity index (χ3n) is 4.65. The summed E-state index contributed by atoms with van der Waals surface area (Å²) in [4.78, 5) is 12.1. The zero-order valence-corrected chi connectivity index (χ0v) is 13.4. The number of carbonyl (C=O) groups is 1. The fourth-order valence-corrected chi connectivity index (χ4v) is 3.30. The zero-order chi connectivity index (χ0) is 16.1. The van der Waals surface area contributed by atoms with E-state index in [9.17, 15) is 9.18 Å². The van der Waals surface area contributed by atoms with E-state index >= 15 is 0 Å². The van der Waals surface area contributed by atoms with Crippen molar-refractivity contribution >= 4 is 5.91 Å². The van der Waals surface area contributed by atoms with Gasteiger partial charge >= 0.3 is 0 Å². The van der Waals surface area contributed by atoms with Gasteiger partial charge in [0.2, 0.25) is 0 Å². The maximum absolute atomic E-state index is 13.1. The fourth-order valence-electron chi connectivity index (χ4n) is 3.30. The summed E-state index contributed by atoms with van der Waals surface area (Å²) in [5.41, 5.74) is 0.607. The van der Waals surface area contributed by atoms with Crippen LogP contribution < -0.4 is 15.4 Å². The van der Waals surface area contributed by atoms with Crippen molar-refractivity contribution in [2.75, 3.05) is 13.1 Å². The van der Waals surface area contributed by atoms with E-state index in [1.54, 1.807) is 12.1 Å². The van der Waals surface area contributed by atoms with Gasteiger partial charge in [-0.05, 0) is 56.4 Å². The summed E-state index contributed by atoms with van der Waals surface area (Å²) in [7, 11) is 0. The van der Waals surface area contributed by atoms with Gasteiger partial charge in [0.25, 0.3) is 5.91 Å². The van der Waals surface area contributed by atoms with Crippen LogP contribution in [0.3, 0.4) is 0 Å². The van der Waals surface area contributed by atoms with Crippen LogP contribution in [0.2, 0.25) is 0 Å². The molecule has 0 aromatic heterocycles. The number of rotatable bonds is 5. The Labute approximate surface area is 136 Å². The molecule has 4 nitrogen and oxygen atoms in total. The summed E-state index contributed by atoms with van der Waals surface area (Å²) in [5.74, 6) is 0.699. The van der Waals surface area contributed by atoms with Crippen molar-refractivity contribution in [2.45, 2.75) is 56.8 Å². The predicted octanol–water partition coefficient (Wildman–Crippen LogP) is 2.83. The number of hydrogen-bond acceptors (Lipinski definition) is 3. The molecule has 1 aliphatic carbocycles. The van der Waals surface area contributed by atoms with Crippen molar-refractivity contribution in [2.24, 2.45) is 0 Å². The highest BCUT2D eigenvalue weighted by molar-refractivity contribution is 5.94. The lowest BCUT2D eigenvalue weighted by Crippen LogP contribution is -2.37. The predicted molar refractivity (Wildman–Crippen MR) is 87.6 cm³/mol. The molecule has 1 amide bonds. The molecule has 2 N–H and O–H groups in total. The van der Waals surface area contributed by atoms with Gasteiger partial charge in [0.05, 0.1) is 6.10 Å². The van der Waals surface area contributed by atoms with Crippen LogP contribution in [-0.2, 0) is 0 Å². The van der Waals surface area contributed by atoms with Gasteiger partial charge < -0.3 is 15.4 Å². The van der Waals surface area contributed by atoms with Gasteiger partial charge in [-0.1, -0.05) is 6.42 Å². The van der Waals surface area contributed by atoms with Crippen LogP contribution in [0, 0.1) is 0 Å². The molecule has 23 heavy (non-hydrogen) atoms. The van der Waals surface area contributed by atoms with Crippen LogP contribution in [0.1, 0.15) is 48.9 Å². The second-order valence-corrected chi connectivity index (χ2v) is 6.55. The average molecular weight is 320 g/mol. The minimum atomic E-state index is -0.798. The zero-order valence-electron chi connectivity index (χ0n) is 13.4. The highest BCUT2D eigenvalue weighted by Crippen LogP contribution is 2.23. The Morgan fingerprint density at radius 3 is 2.61 bits per heavy atom. The van der Waals surface area contributed by atoms with Crippen molar-refractivity contribution < 1.29 is 13.9 Å². The minimum Gasteiger partial charge on any atom is -0.490 e. The fraction of sp³-hybridized carbons (Fsp3) is 0.611. The van der Waals surface area contributed by atoms with Gasteiger partial charge in [-0.25, -0.2) is 4.39 Å². The molecule has 126 valence electrons.